The molecular formula is C16H20N2O2S2. The molecule has 1 fully saturated rings. The Morgan fingerprint density at radius 2 is 1.82 bits per heavy atom. The predicted molar refractivity (Wildman–Crippen MR) is 87.8 cm³/mol. The first-order valence-electron chi connectivity index (χ1n) is 7.67. The van der Waals surface area contributed by atoms with E-state index in [1.165, 1.54) is 37.7 Å². The van der Waals surface area contributed by atoms with Crippen LogP contribution in [0.25, 0.3) is 0 Å². The van der Waals surface area contributed by atoms with Crippen molar-refractivity contribution in [3.8, 4) is 0 Å². The van der Waals surface area contributed by atoms with Crippen molar-refractivity contribution < 1.29 is 8.42 Å². The van der Waals surface area contributed by atoms with Crippen LogP contribution in [0.2, 0.25) is 0 Å². The summed E-state index contributed by atoms with van der Waals surface area (Å²) in [7, 11) is -3.32. The minimum atomic E-state index is -3.32. The van der Waals surface area contributed by atoms with E-state index in [0.717, 1.165) is 16.4 Å². The molecule has 1 aliphatic rings. The Kier molecular flexibility index (Phi) is 4.59. The topological polar surface area (TPSA) is 59.9 Å². The molecular weight excluding hydrogens is 316 g/mol. The fourth-order valence-corrected chi connectivity index (χ4v) is 5.41. The average molecular weight is 336 g/mol. The van der Waals surface area contributed by atoms with Gasteiger partial charge < -0.3 is 0 Å². The molecule has 1 aromatic heterocycles. The predicted octanol–water partition coefficient (Wildman–Crippen LogP) is 3.87. The SMILES string of the molecule is Cc1nnsc1CS(=O)(=O)c1ccc(C2CCCCC2)cc1. The molecule has 0 radical (unpaired) electrons. The second-order valence-corrected chi connectivity index (χ2v) is 8.77. The zero-order valence-corrected chi connectivity index (χ0v) is 14.3. The van der Waals surface area contributed by atoms with E-state index in [4.69, 9.17) is 0 Å². The van der Waals surface area contributed by atoms with E-state index in [1.807, 2.05) is 12.1 Å². The third kappa shape index (κ3) is 3.38. The first-order chi connectivity index (χ1) is 10.6. The zero-order valence-electron chi connectivity index (χ0n) is 12.7. The number of nitrogens with zero attached hydrogens (tertiary/aromatic N) is 2. The number of hydrogen-bond acceptors (Lipinski definition) is 5. The molecule has 0 unspecified atom stereocenters. The molecule has 0 bridgehead atoms. The molecule has 1 aliphatic carbocycles. The summed E-state index contributed by atoms with van der Waals surface area (Å²) < 4.78 is 28.8. The molecule has 0 aliphatic heterocycles. The van der Waals surface area contributed by atoms with Gasteiger partial charge in [0.2, 0.25) is 0 Å². The number of rotatable bonds is 4. The van der Waals surface area contributed by atoms with Crippen LogP contribution >= 0.6 is 11.5 Å². The number of hydrogen-bond donors (Lipinski definition) is 0. The highest BCUT2D eigenvalue weighted by Crippen LogP contribution is 2.33. The number of aryl methyl sites for hydroxylation is 1. The van der Waals surface area contributed by atoms with Crippen LogP contribution in [0, 0.1) is 6.92 Å². The van der Waals surface area contributed by atoms with Gasteiger partial charge in [-0.3, -0.25) is 0 Å². The van der Waals surface area contributed by atoms with Gasteiger partial charge in [-0.2, -0.15) is 0 Å². The summed E-state index contributed by atoms with van der Waals surface area (Å²) in [5.74, 6) is 0.581. The lowest BCUT2D eigenvalue weighted by Crippen LogP contribution is -2.07. The highest BCUT2D eigenvalue weighted by molar-refractivity contribution is 7.90. The molecule has 0 saturated heterocycles. The van der Waals surface area contributed by atoms with E-state index in [0.29, 0.717) is 16.5 Å². The summed E-state index contributed by atoms with van der Waals surface area (Å²) >= 11 is 1.16. The van der Waals surface area contributed by atoms with Crippen molar-refractivity contribution in [2.24, 2.45) is 0 Å². The van der Waals surface area contributed by atoms with Crippen molar-refractivity contribution in [2.75, 3.05) is 0 Å². The highest BCUT2D eigenvalue weighted by atomic mass is 32.2. The lowest BCUT2D eigenvalue weighted by molar-refractivity contribution is 0.443. The van der Waals surface area contributed by atoms with Gasteiger partial charge in [-0.05, 0) is 54.9 Å². The molecule has 1 saturated carbocycles. The smallest absolute Gasteiger partial charge is 0.183 e. The summed E-state index contributed by atoms with van der Waals surface area (Å²) in [5.41, 5.74) is 1.97. The summed E-state index contributed by atoms with van der Waals surface area (Å²) in [6.45, 7) is 1.79. The third-order valence-corrected chi connectivity index (χ3v) is 7.05. The van der Waals surface area contributed by atoms with Crippen molar-refractivity contribution in [2.45, 2.75) is 55.6 Å². The van der Waals surface area contributed by atoms with Gasteiger partial charge in [0.25, 0.3) is 0 Å². The van der Waals surface area contributed by atoms with Crippen LogP contribution in [0.15, 0.2) is 29.2 Å². The Morgan fingerprint density at radius 1 is 1.14 bits per heavy atom. The minimum absolute atomic E-state index is 0.0146. The van der Waals surface area contributed by atoms with Crippen LogP contribution in [0.4, 0.5) is 0 Å². The standard InChI is InChI=1S/C16H20N2O2S2/c1-12-16(21-18-17-12)11-22(19,20)15-9-7-14(8-10-15)13-5-3-2-4-6-13/h7-10,13H,2-6,11H2,1H3. The van der Waals surface area contributed by atoms with Crippen molar-refractivity contribution in [3.63, 3.8) is 0 Å². The van der Waals surface area contributed by atoms with Gasteiger partial charge in [0.1, 0.15) is 0 Å². The number of aromatic nitrogens is 2. The molecule has 0 amide bonds. The van der Waals surface area contributed by atoms with Crippen LogP contribution in [0.5, 0.6) is 0 Å². The summed E-state index contributed by atoms with van der Waals surface area (Å²) in [6, 6.07) is 7.48. The van der Waals surface area contributed by atoms with Gasteiger partial charge in [0.05, 0.1) is 21.2 Å². The van der Waals surface area contributed by atoms with Gasteiger partial charge in [-0.1, -0.05) is 35.9 Å². The molecule has 1 heterocycles. The molecule has 3 rings (SSSR count). The molecule has 1 aromatic carbocycles. The molecule has 118 valence electrons. The van der Waals surface area contributed by atoms with Crippen LogP contribution in [0.3, 0.4) is 0 Å². The first kappa shape index (κ1) is 15.6. The molecule has 0 atom stereocenters. The van der Waals surface area contributed by atoms with Gasteiger partial charge >= 0.3 is 0 Å². The minimum Gasteiger partial charge on any atom is -0.223 e. The lowest BCUT2D eigenvalue weighted by Gasteiger charge is -2.22. The van der Waals surface area contributed by atoms with Crippen LogP contribution in [-0.2, 0) is 15.6 Å². The van der Waals surface area contributed by atoms with E-state index < -0.39 is 9.84 Å². The first-order valence-corrected chi connectivity index (χ1v) is 10.1. The van der Waals surface area contributed by atoms with Crippen LogP contribution < -0.4 is 0 Å². The van der Waals surface area contributed by atoms with E-state index in [1.54, 1.807) is 19.1 Å². The number of sulfone groups is 1. The average Bonchev–Trinajstić information content (AvgIpc) is 2.93. The van der Waals surface area contributed by atoms with E-state index in [-0.39, 0.29) is 5.75 Å². The summed E-state index contributed by atoms with van der Waals surface area (Å²) in [6.07, 6.45) is 6.32. The largest absolute Gasteiger partial charge is 0.223 e. The Morgan fingerprint density at radius 3 is 2.41 bits per heavy atom. The van der Waals surface area contributed by atoms with E-state index in [9.17, 15) is 8.42 Å². The molecule has 6 heteroatoms. The Labute approximate surface area is 135 Å². The van der Waals surface area contributed by atoms with Gasteiger partial charge in [-0.15, -0.1) is 5.10 Å². The van der Waals surface area contributed by atoms with E-state index in [2.05, 4.69) is 9.59 Å². The second-order valence-electron chi connectivity index (χ2n) is 5.94. The molecule has 0 N–H and O–H groups in total. The Bertz CT molecular complexity index is 730. The summed E-state index contributed by atoms with van der Waals surface area (Å²) in [4.78, 5) is 1.11. The lowest BCUT2D eigenvalue weighted by atomic mass is 9.84. The van der Waals surface area contributed by atoms with Gasteiger partial charge in [-0.25, -0.2) is 8.42 Å². The fourth-order valence-electron chi connectivity index (χ4n) is 3.02. The highest BCUT2D eigenvalue weighted by Gasteiger charge is 2.20. The van der Waals surface area contributed by atoms with Crippen molar-refractivity contribution >= 4 is 21.4 Å². The fraction of sp³-hybridized carbons (Fsp3) is 0.500. The Balaban J connectivity index is 1.78. The second kappa shape index (κ2) is 6.46. The van der Waals surface area contributed by atoms with E-state index >= 15 is 0 Å². The van der Waals surface area contributed by atoms with Crippen molar-refractivity contribution in [3.05, 3.63) is 40.4 Å². The maximum atomic E-state index is 12.5. The zero-order chi connectivity index (χ0) is 15.6. The molecule has 22 heavy (non-hydrogen) atoms. The molecule has 2 aromatic rings. The van der Waals surface area contributed by atoms with Crippen molar-refractivity contribution in [1.29, 1.82) is 0 Å². The maximum Gasteiger partial charge on any atom is 0.183 e. The quantitative estimate of drug-likeness (QED) is 0.850. The maximum absolute atomic E-state index is 12.5. The molecule has 0 spiro atoms. The van der Waals surface area contributed by atoms with Crippen LogP contribution in [0.1, 0.15) is 54.2 Å². The molecule has 4 nitrogen and oxygen atoms in total. The monoisotopic (exact) mass is 336 g/mol. The van der Waals surface area contributed by atoms with Crippen LogP contribution in [-0.4, -0.2) is 18.0 Å². The normalized spacial score (nSPS) is 16.8. The van der Waals surface area contributed by atoms with Gasteiger partial charge in [0, 0.05) is 0 Å². The third-order valence-electron chi connectivity index (χ3n) is 4.38. The van der Waals surface area contributed by atoms with Crippen molar-refractivity contribution in [1.82, 2.24) is 9.59 Å². The number of benzene rings is 1. The van der Waals surface area contributed by atoms with Gasteiger partial charge in [0.15, 0.2) is 9.84 Å². The summed E-state index contributed by atoms with van der Waals surface area (Å²) in [5, 5.41) is 3.87. The Hall–Kier alpha value is -1.27.